The summed E-state index contributed by atoms with van der Waals surface area (Å²) < 4.78 is 14.6. The maximum absolute atomic E-state index is 14.6. The summed E-state index contributed by atoms with van der Waals surface area (Å²) in [4.78, 5) is 32.0. The molecule has 182 valence electrons. The van der Waals surface area contributed by atoms with E-state index in [1.165, 1.54) is 19.3 Å². The standard InChI is InChI=1S/C24H41FN4O3/c1-15-10-11-18(25)17-13-20(29-32-22(15)17)23(30)28-21(19-9-5-6-12-26-19)24(31)27-14-16-7-3-2-4-8-16/h15-22,26,29H,2-14H2,1H3,(H,27,31)(H,28,30). The van der Waals surface area contributed by atoms with Gasteiger partial charge in [-0.1, -0.05) is 32.6 Å². The Bertz CT molecular complexity index is 639. The average molecular weight is 453 g/mol. The second-order valence-electron chi connectivity index (χ2n) is 10.5. The van der Waals surface area contributed by atoms with Crippen LogP contribution < -0.4 is 21.4 Å². The number of carbonyl (C=O) groups excluding carboxylic acids is 2. The molecule has 32 heavy (non-hydrogen) atoms. The fourth-order valence-electron chi connectivity index (χ4n) is 6.07. The minimum absolute atomic E-state index is 0.0834. The van der Waals surface area contributed by atoms with Crippen LogP contribution in [0, 0.1) is 17.8 Å². The molecule has 2 saturated carbocycles. The molecule has 7 atom stereocenters. The highest BCUT2D eigenvalue weighted by atomic mass is 19.1. The quantitative estimate of drug-likeness (QED) is 0.497. The van der Waals surface area contributed by atoms with Crippen molar-refractivity contribution in [3.05, 3.63) is 0 Å². The summed E-state index contributed by atoms with van der Waals surface area (Å²) in [5.41, 5.74) is 2.87. The predicted octanol–water partition coefficient (Wildman–Crippen LogP) is 2.36. The normalized spacial score (nSPS) is 37.2. The Morgan fingerprint density at radius 2 is 1.84 bits per heavy atom. The molecular weight excluding hydrogens is 411 g/mol. The number of hydrogen-bond donors (Lipinski definition) is 4. The Morgan fingerprint density at radius 1 is 1.06 bits per heavy atom. The van der Waals surface area contributed by atoms with E-state index in [1.807, 2.05) is 0 Å². The van der Waals surface area contributed by atoms with Gasteiger partial charge >= 0.3 is 0 Å². The first-order valence-corrected chi connectivity index (χ1v) is 12.9. The van der Waals surface area contributed by atoms with Gasteiger partial charge in [0.15, 0.2) is 0 Å². The van der Waals surface area contributed by atoms with Crippen LogP contribution in [0.15, 0.2) is 0 Å². The number of hydrogen-bond acceptors (Lipinski definition) is 5. The van der Waals surface area contributed by atoms with Crippen LogP contribution in [-0.2, 0) is 14.4 Å². The molecule has 2 heterocycles. The Hall–Kier alpha value is -1.25. The van der Waals surface area contributed by atoms with Crippen molar-refractivity contribution in [2.75, 3.05) is 13.1 Å². The third kappa shape index (κ3) is 5.81. The molecule has 2 saturated heterocycles. The van der Waals surface area contributed by atoms with E-state index < -0.39 is 18.3 Å². The van der Waals surface area contributed by atoms with Crippen LogP contribution in [0.5, 0.6) is 0 Å². The second kappa shape index (κ2) is 11.3. The maximum Gasteiger partial charge on any atom is 0.244 e. The van der Waals surface area contributed by atoms with Gasteiger partial charge in [0, 0.05) is 18.5 Å². The topological polar surface area (TPSA) is 91.5 Å². The third-order valence-corrected chi connectivity index (χ3v) is 8.14. The number of nitrogens with one attached hydrogen (secondary N) is 4. The number of piperidine rings is 1. The number of rotatable bonds is 6. The van der Waals surface area contributed by atoms with Crippen molar-refractivity contribution in [1.82, 2.24) is 21.4 Å². The summed E-state index contributed by atoms with van der Waals surface area (Å²) >= 11 is 0. The van der Waals surface area contributed by atoms with E-state index in [9.17, 15) is 14.0 Å². The highest BCUT2D eigenvalue weighted by Crippen LogP contribution is 2.38. The minimum atomic E-state index is -0.941. The molecule has 0 aromatic carbocycles. The SMILES string of the molecule is CC1CCC(F)C2CC(C(=O)NC(C(=O)NCC3CCCCC3)C3CCCCN3)NOC12. The van der Waals surface area contributed by atoms with Gasteiger partial charge in [-0.25, -0.2) is 4.39 Å². The largest absolute Gasteiger partial charge is 0.354 e. The van der Waals surface area contributed by atoms with E-state index in [0.29, 0.717) is 25.3 Å². The molecule has 8 heteroatoms. The molecule has 7 nitrogen and oxygen atoms in total. The van der Waals surface area contributed by atoms with E-state index in [0.717, 1.165) is 45.1 Å². The summed E-state index contributed by atoms with van der Waals surface area (Å²) in [6.45, 7) is 3.60. The van der Waals surface area contributed by atoms with Crippen molar-refractivity contribution in [2.24, 2.45) is 17.8 Å². The second-order valence-corrected chi connectivity index (χ2v) is 10.5. The van der Waals surface area contributed by atoms with E-state index in [2.05, 4.69) is 28.4 Å². The van der Waals surface area contributed by atoms with E-state index in [4.69, 9.17) is 4.84 Å². The monoisotopic (exact) mass is 452 g/mol. The smallest absolute Gasteiger partial charge is 0.244 e. The number of halogens is 1. The van der Waals surface area contributed by atoms with E-state index in [-0.39, 0.29) is 35.8 Å². The fraction of sp³-hybridized carbons (Fsp3) is 0.917. The zero-order chi connectivity index (χ0) is 22.5. The molecule has 4 rings (SSSR count). The molecule has 4 N–H and O–H groups in total. The Morgan fingerprint density at radius 3 is 2.59 bits per heavy atom. The van der Waals surface area contributed by atoms with Crippen LogP contribution in [-0.4, -0.2) is 55.3 Å². The van der Waals surface area contributed by atoms with Gasteiger partial charge in [0.05, 0.1) is 6.10 Å². The molecular formula is C24H41FN4O3. The number of carbonyl (C=O) groups is 2. The van der Waals surface area contributed by atoms with Crippen LogP contribution in [0.3, 0.4) is 0 Å². The van der Waals surface area contributed by atoms with Gasteiger partial charge in [-0.2, -0.15) is 5.48 Å². The maximum atomic E-state index is 14.6. The van der Waals surface area contributed by atoms with Crippen LogP contribution in [0.1, 0.15) is 77.6 Å². The van der Waals surface area contributed by atoms with Crippen molar-refractivity contribution < 1.29 is 18.8 Å². The van der Waals surface area contributed by atoms with Gasteiger partial charge in [0.25, 0.3) is 0 Å². The summed E-state index contributed by atoms with van der Waals surface area (Å²) in [5.74, 6) is 0.130. The zero-order valence-corrected chi connectivity index (χ0v) is 19.4. The molecule has 0 bridgehead atoms. The first-order chi connectivity index (χ1) is 15.5. The van der Waals surface area contributed by atoms with Crippen LogP contribution >= 0.6 is 0 Å². The lowest BCUT2D eigenvalue weighted by atomic mass is 9.75. The Kier molecular flexibility index (Phi) is 8.40. The average Bonchev–Trinajstić information content (AvgIpc) is 2.84. The van der Waals surface area contributed by atoms with Crippen LogP contribution in [0.25, 0.3) is 0 Å². The van der Waals surface area contributed by atoms with Crippen LogP contribution in [0.4, 0.5) is 4.39 Å². The van der Waals surface area contributed by atoms with Crippen molar-refractivity contribution in [2.45, 2.75) is 108 Å². The Balaban J connectivity index is 1.36. The van der Waals surface area contributed by atoms with Crippen molar-refractivity contribution in [1.29, 1.82) is 0 Å². The highest BCUT2D eigenvalue weighted by Gasteiger charge is 2.45. The molecule has 7 unspecified atom stereocenters. The number of amides is 2. The molecule has 4 aliphatic rings. The van der Waals surface area contributed by atoms with Gasteiger partial charge in [-0.3, -0.25) is 14.4 Å². The van der Waals surface area contributed by atoms with Gasteiger partial charge < -0.3 is 16.0 Å². The first kappa shape index (κ1) is 23.9. The lowest BCUT2D eigenvalue weighted by Gasteiger charge is -2.44. The van der Waals surface area contributed by atoms with Crippen molar-refractivity contribution in [3.63, 3.8) is 0 Å². The summed E-state index contributed by atoms with van der Waals surface area (Å²) in [6.07, 6.45) is 9.63. The lowest BCUT2D eigenvalue weighted by molar-refractivity contribution is -0.172. The molecule has 2 amide bonds. The number of fused-ring (bicyclic) bond motifs is 1. The molecule has 0 aromatic rings. The van der Waals surface area contributed by atoms with E-state index >= 15 is 0 Å². The molecule has 4 fully saturated rings. The zero-order valence-electron chi connectivity index (χ0n) is 19.4. The highest BCUT2D eigenvalue weighted by molar-refractivity contribution is 5.90. The Labute approximate surface area is 191 Å². The fourth-order valence-corrected chi connectivity index (χ4v) is 6.07. The van der Waals surface area contributed by atoms with E-state index in [1.54, 1.807) is 0 Å². The summed E-state index contributed by atoms with van der Waals surface area (Å²) in [7, 11) is 0. The van der Waals surface area contributed by atoms with Gasteiger partial charge in [-0.15, -0.1) is 0 Å². The molecule has 0 aromatic heterocycles. The molecule has 2 aliphatic heterocycles. The number of alkyl halides is 1. The van der Waals surface area contributed by atoms with Gasteiger partial charge in [-0.05, 0) is 63.3 Å². The van der Waals surface area contributed by atoms with Gasteiger partial charge in [0.1, 0.15) is 18.3 Å². The molecule has 2 aliphatic carbocycles. The van der Waals surface area contributed by atoms with Gasteiger partial charge in [0.2, 0.25) is 11.8 Å². The molecule has 0 radical (unpaired) electrons. The third-order valence-electron chi connectivity index (χ3n) is 8.14. The summed E-state index contributed by atoms with van der Waals surface area (Å²) in [6, 6.07) is -1.35. The van der Waals surface area contributed by atoms with Crippen LogP contribution in [0.2, 0.25) is 0 Å². The first-order valence-electron chi connectivity index (χ1n) is 12.9. The number of hydroxylamine groups is 1. The lowest BCUT2D eigenvalue weighted by Crippen LogP contribution is -2.63. The van der Waals surface area contributed by atoms with Crippen molar-refractivity contribution in [3.8, 4) is 0 Å². The predicted molar refractivity (Wildman–Crippen MR) is 120 cm³/mol. The molecule has 0 spiro atoms. The summed E-state index contributed by atoms with van der Waals surface area (Å²) in [5, 5.41) is 9.52. The van der Waals surface area contributed by atoms with Crippen molar-refractivity contribution >= 4 is 11.8 Å². The minimum Gasteiger partial charge on any atom is -0.354 e.